The number of amides is 2. The summed E-state index contributed by atoms with van der Waals surface area (Å²) in [7, 11) is 0. The van der Waals surface area contributed by atoms with Crippen LogP contribution in [-0.4, -0.2) is 18.4 Å². The van der Waals surface area contributed by atoms with E-state index in [1.165, 1.54) is 0 Å². The zero-order chi connectivity index (χ0) is 14.5. The summed E-state index contributed by atoms with van der Waals surface area (Å²) in [5.74, 6) is 0.706. The standard InChI is InChI=1S/C15H19BrN2O2/c1-10-8-13(10)15(20)17-7-6-14(19)18-9-11-2-4-12(16)5-3-11/h2-5,10,13H,6-9H2,1H3,(H,17,20)(H,18,19)/t10-,13+/m1/s1. The van der Waals surface area contributed by atoms with Crippen LogP contribution in [0.5, 0.6) is 0 Å². The van der Waals surface area contributed by atoms with Crippen molar-refractivity contribution in [2.45, 2.75) is 26.3 Å². The SMILES string of the molecule is C[C@@H]1C[C@@H]1C(=O)NCCC(=O)NCc1ccc(Br)cc1. The molecule has 0 heterocycles. The third-order valence-electron chi connectivity index (χ3n) is 3.50. The Morgan fingerprint density at radius 2 is 1.90 bits per heavy atom. The van der Waals surface area contributed by atoms with Crippen LogP contribution in [0, 0.1) is 11.8 Å². The molecule has 0 bridgehead atoms. The lowest BCUT2D eigenvalue weighted by atomic mass is 10.2. The Labute approximate surface area is 127 Å². The van der Waals surface area contributed by atoms with Crippen molar-refractivity contribution in [3.8, 4) is 0 Å². The molecule has 0 saturated heterocycles. The fourth-order valence-corrected chi connectivity index (χ4v) is 2.27. The van der Waals surface area contributed by atoms with Crippen LogP contribution >= 0.6 is 15.9 Å². The highest BCUT2D eigenvalue weighted by Crippen LogP contribution is 2.37. The first kappa shape index (κ1) is 15.0. The van der Waals surface area contributed by atoms with E-state index in [2.05, 4.69) is 33.5 Å². The van der Waals surface area contributed by atoms with Crippen LogP contribution < -0.4 is 10.6 Å². The van der Waals surface area contributed by atoms with E-state index in [9.17, 15) is 9.59 Å². The summed E-state index contributed by atoms with van der Waals surface area (Å²) >= 11 is 3.37. The molecule has 5 heteroatoms. The third-order valence-corrected chi connectivity index (χ3v) is 4.03. The maximum Gasteiger partial charge on any atom is 0.223 e. The zero-order valence-corrected chi connectivity index (χ0v) is 13.1. The molecule has 20 heavy (non-hydrogen) atoms. The Morgan fingerprint density at radius 1 is 1.25 bits per heavy atom. The van der Waals surface area contributed by atoms with E-state index in [1.54, 1.807) is 0 Å². The predicted molar refractivity (Wildman–Crippen MR) is 80.9 cm³/mol. The normalized spacial score (nSPS) is 20.3. The van der Waals surface area contributed by atoms with Crippen LogP contribution in [0.2, 0.25) is 0 Å². The fraction of sp³-hybridized carbons (Fsp3) is 0.467. The molecule has 1 aromatic carbocycles. The van der Waals surface area contributed by atoms with E-state index in [0.29, 0.717) is 25.4 Å². The Balaban J connectivity index is 1.60. The average molecular weight is 339 g/mol. The van der Waals surface area contributed by atoms with Crippen LogP contribution in [-0.2, 0) is 16.1 Å². The highest BCUT2D eigenvalue weighted by atomic mass is 79.9. The second-order valence-corrected chi connectivity index (χ2v) is 6.18. The number of benzene rings is 1. The highest BCUT2D eigenvalue weighted by molar-refractivity contribution is 9.10. The topological polar surface area (TPSA) is 58.2 Å². The molecule has 108 valence electrons. The second-order valence-electron chi connectivity index (χ2n) is 5.26. The van der Waals surface area contributed by atoms with Crippen LogP contribution in [0.4, 0.5) is 0 Å². The van der Waals surface area contributed by atoms with Gasteiger partial charge in [-0.05, 0) is 30.0 Å². The van der Waals surface area contributed by atoms with Crippen molar-refractivity contribution >= 4 is 27.7 Å². The van der Waals surface area contributed by atoms with E-state index >= 15 is 0 Å². The number of rotatable bonds is 6. The molecular weight excluding hydrogens is 320 g/mol. The summed E-state index contributed by atoms with van der Waals surface area (Å²) in [4.78, 5) is 23.2. The first-order valence-corrected chi connectivity index (χ1v) is 7.64. The Kier molecular flexibility index (Phi) is 5.17. The summed E-state index contributed by atoms with van der Waals surface area (Å²) in [6, 6.07) is 7.80. The van der Waals surface area contributed by atoms with Crippen LogP contribution in [0.25, 0.3) is 0 Å². The second kappa shape index (κ2) is 6.88. The molecule has 0 spiro atoms. The monoisotopic (exact) mass is 338 g/mol. The molecule has 0 unspecified atom stereocenters. The lowest BCUT2D eigenvalue weighted by Gasteiger charge is -2.07. The lowest BCUT2D eigenvalue weighted by molar-refractivity contribution is -0.123. The van der Waals surface area contributed by atoms with Gasteiger partial charge in [-0.1, -0.05) is 35.0 Å². The molecule has 2 amide bonds. The van der Waals surface area contributed by atoms with Crippen LogP contribution in [0.3, 0.4) is 0 Å². The molecule has 4 nitrogen and oxygen atoms in total. The smallest absolute Gasteiger partial charge is 0.223 e. The Morgan fingerprint density at radius 3 is 2.50 bits per heavy atom. The van der Waals surface area contributed by atoms with Gasteiger partial charge < -0.3 is 10.6 Å². The van der Waals surface area contributed by atoms with Crippen molar-refractivity contribution < 1.29 is 9.59 Å². The number of hydrogen-bond acceptors (Lipinski definition) is 2. The number of carbonyl (C=O) groups excluding carboxylic acids is 2. The van der Waals surface area contributed by atoms with E-state index in [0.717, 1.165) is 16.5 Å². The molecule has 2 atom stereocenters. The summed E-state index contributed by atoms with van der Waals surface area (Å²) in [5.41, 5.74) is 1.05. The van der Waals surface area contributed by atoms with Gasteiger partial charge in [0.15, 0.2) is 0 Å². The molecule has 1 fully saturated rings. The van der Waals surface area contributed by atoms with Gasteiger partial charge in [0.2, 0.25) is 11.8 Å². The Hall–Kier alpha value is -1.36. The van der Waals surface area contributed by atoms with Crippen LogP contribution in [0.1, 0.15) is 25.3 Å². The van der Waals surface area contributed by atoms with E-state index in [4.69, 9.17) is 0 Å². The van der Waals surface area contributed by atoms with E-state index in [-0.39, 0.29) is 17.7 Å². The number of nitrogens with one attached hydrogen (secondary N) is 2. The van der Waals surface area contributed by atoms with Gasteiger partial charge in [-0.3, -0.25) is 9.59 Å². The first-order chi connectivity index (χ1) is 9.56. The van der Waals surface area contributed by atoms with Crippen molar-refractivity contribution in [3.05, 3.63) is 34.3 Å². The van der Waals surface area contributed by atoms with E-state index < -0.39 is 0 Å². The summed E-state index contributed by atoms with van der Waals surface area (Å²) in [6.07, 6.45) is 1.30. The molecule has 2 rings (SSSR count). The first-order valence-electron chi connectivity index (χ1n) is 6.85. The zero-order valence-electron chi connectivity index (χ0n) is 11.5. The van der Waals surface area contributed by atoms with Gasteiger partial charge in [0, 0.05) is 29.9 Å². The highest BCUT2D eigenvalue weighted by Gasteiger charge is 2.38. The van der Waals surface area contributed by atoms with E-state index in [1.807, 2.05) is 24.3 Å². The fourth-order valence-electron chi connectivity index (χ4n) is 2.01. The molecule has 1 aromatic rings. The maximum atomic E-state index is 11.6. The van der Waals surface area contributed by atoms with Crippen LogP contribution in [0.15, 0.2) is 28.7 Å². The lowest BCUT2D eigenvalue weighted by Crippen LogP contribution is -2.31. The number of hydrogen-bond donors (Lipinski definition) is 2. The van der Waals surface area contributed by atoms with Gasteiger partial charge in [0.1, 0.15) is 0 Å². The minimum Gasteiger partial charge on any atom is -0.355 e. The Bertz CT molecular complexity index is 487. The van der Waals surface area contributed by atoms with Gasteiger partial charge >= 0.3 is 0 Å². The van der Waals surface area contributed by atoms with Gasteiger partial charge in [0.25, 0.3) is 0 Å². The minimum atomic E-state index is -0.0444. The van der Waals surface area contributed by atoms with Crippen molar-refractivity contribution in [3.63, 3.8) is 0 Å². The summed E-state index contributed by atoms with van der Waals surface area (Å²) in [5, 5.41) is 5.65. The van der Waals surface area contributed by atoms with Gasteiger partial charge in [-0.25, -0.2) is 0 Å². The molecule has 0 aromatic heterocycles. The van der Waals surface area contributed by atoms with Crippen molar-refractivity contribution in [1.82, 2.24) is 10.6 Å². The van der Waals surface area contributed by atoms with Gasteiger partial charge in [0.05, 0.1) is 0 Å². The molecule has 2 N–H and O–H groups in total. The minimum absolute atomic E-state index is 0.0444. The van der Waals surface area contributed by atoms with Crippen molar-refractivity contribution in [2.75, 3.05) is 6.54 Å². The van der Waals surface area contributed by atoms with Crippen molar-refractivity contribution in [1.29, 1.82) is 0 Å². The quantitative estimate of drug-likeness (QED) is 0.835. The number of carbonyl (C=O) groups is 2. The van der Waals surface area contributed by atoms with Gasteiger partial charge in [-0.15, -0.1) is 0 Å². The van der Waals surface area contributed by atoms with Crippen molar-refractivity contribution in [2.24, 2.45) is 11.8 Å². The predicted octanol–water partition coefficient (Wildman–Crippen LogP) is 2.23. The number of halogens is 1. The molecular formula is C15H19BrN2O2. The largest absolute Gasteiger partial charge is 0.355 e. The summed E-state index contributed by atoms with van der Waals surface area (Å²) in [6.45, 7) is 2.99. The molecule has 0 aliphatic heterocycles. The average Bonchev–Trinajstić information content (AvgIpc) is 3.15. The molecule has 1 saturated carbocycles. The van der Waals surface area contributed by atoms with Gasteiger partial charge in [-0.2, -0.15) is 0 Å². The molecule has 0 radical (unpaired) electrons. The molecule has 1 aliphatic carbocycles. The molecule has 1 aliphatic rings. The third kappa shape index (κ3) is 4.63. The summed E-state index contributed by atoms with van der Waals surface area (Å²) < 4.78 is 1.02. The maximum absolute atomic E-state index is 11.6.